The number of nitrogens with zero attached hydrogens (tertiary/aromatic N) is 1. The summed E-state index contributed by atoms with van der Waals surface area (Å²) in [5.41, 5.74) is 0.346. The lowest BCUT2D eigenvalue weighted by Gasteiger charge is -2.44. The fourth-order valence-electron chi connectivity index (χ4n) is 2.80. The second-order valence-corrected chi connectivity index (χ2v) is 5.07. The molecule has 0 aromatic rings. The third kappa shape index (κ3) is 1.27. The van der Waals surface area contributed by atoms with Crippen LogP contribution in [0.25, 0.3) is 0 Å². The van der Waals surface area contributed by atoms with Crippen LogP contribution in [-0.4, -0.2) is 29.2 Å². The average Bonchev–Trinajstić information content (AvgIpc) is 2.23. The van der Waals surface area contributed by atoms with Crippen molar-refractivity contribution >= 4 is 0 Å². The van der Waals surface area contributed by atoms with Crippen LogP contribution in [-0.2, 0) is 0 Å². The van der Waals surface area contributed by atoms with Crippen molar-refractivity contribution in [1.29, 1.82) is 0 Å². The fraction of sp³-hybridized carbons (Fsp3) is 1.00. The number of hydrogen-bond donors (Lipinski definition) is 1. The molecular weight excluding hydrogens is 148 g/mol. The highest BCUT2D eigenvalue weighted by Crippen LogP contribution is 2.34. The van der Waals surface area contributed by atoms with Gasteiger partial charge in [-0.25, -0.2) is 0 Å². The molecule has 2 saturated heterocycles. The molecule has 0 aromatic carbocycles. The summed E-state index contributed by atoms with van der Waals surface area (Å²) in [7, 11) is 0. The molecule has 0 radical (unpaired) electrons. The Morgan fingerprint density at radius 2 is 1.92 bits per heavy atom. The van der Waals surface area contributed by atoms with Gasteiger partial charge in [0.1, 0.15) is 0 Å². The van der Waals surface area contributed by atoms with Gasteiger partial charge in [-0.3, -0.25) is 4.90 Å². The number of fused-ring (bicyclic) bond motifs is 2. The SMILES string of the molecule is CC(C)(C)N1C2CCNC1CC2. The van der Waals surface area contributed by atoms with Crippen molar-refractivity contribution in [2.75, 3.05) is 6.54 Å². The minimum atomic E-state index is 0.346. The molecule has 1 N–H and O–H groups in total. The fourth-order valence-corrected chi connectivity index (χ4v) is 2.80. The first kappa shape index (κ1) is 8.52. The van der Waals surface area contributed by atoms with Gasteiger partial charge in [0.25, 0.3) is 0 Å². The monoisotopic (exact) mass is 168 g/mol. The Kier molecular flexibility index (Phi) is 1.92. The molecule has 2 unspecified atom stereocenters. The summed E-state index contributed by atoms with van der Waals surface area (Å²) in [5, 5.41) is 3.59. The summed E-state index contributed by atoms with van der Waals surface area (Å²) in [6, 6.07) is 0.858. The third-order valence-electron chi connectivity index (χ3n) is 3.13. The molecule has 2 bridgehead atoms. The first-order valence-electron chi connectivity index (χ1n) is 5.11. The minimum absolute atomic E-state index is 0.346. The zero-order valence-electron chi connectivity index (χ0n) is 8.43. The molecule has 70 valence electrons. The van der Waals surface area contributed by atoms with Gasteiger partial charge in [0.2, 0.25) is 0 Å². The molecule has 2 heteroatoms. The predicted octanol–water partition coefficient (Wildman–Crippen LogP) is 1.57. The van der Waals surface area contributed by atoms with Gasteiger partial charge in [-0.05, 0) is 46.6 Å². The zero-order chi connectivity index (χ0) is 8.77. The van der Waals surface area contributed by atoms with Gasteiger partial charge in [-0.1, -0.05) is 0 Å². The first-order valence-corrected chi connectivity index (χ1v) is 5.11. The van der Waals surface area contributed by atoms with E-state index in [4.69, 9.17) is 0 Å². The highest BCUT2D eigenvalue weighted by Gasteiger charge is 2.41. The van der Waals surface area contributed by atoms with Gasteiger partial charge < -0.3 is 5.32 Å². The molecule has 0 saturated carbocycles. The third-order valence-corrected chi connectivity index (χ3v) is 3.13. The van der Waals surface area contributed by atoms with E-state index < -0.39 is 0 Å². The topological polar surface area (TPSA) is 15.3 Å². The summed E-state index contributed by atoms with van der Waals surface area (Å²) < 4.78 is 0. The van der Waals surface area contributed by atoms with Crippen LogP contribution in [0.1, 0.15) is 40.0 Å². The first-order chi connectivity index (χ1) is 5.59. The number of hydrogen-bond acceptors (Lipinski definition) is 2. The van der Waals surface area contributed by atoms with E-state index in [1.54, 1.807) is 0 Å². The highest BCUT2D eigenvalue weighted by atomic mass is 15.4. The maximum absolute atomic E-state index is 3.59. The van der Waals surface area contributed by atoms with Gasteiger partial charge in [-0.2, -0.15) is 0 Å². The van der Waals surface area contributed by atoms with Crippen LogP contribution in [0.4, 0.5) is 0 Å². The van der Waals surface area contributed by atoms with Crippen molar-refractivity contribution in [2.45, 2.75) is 57.8 Å². The van der Waals surface area contributed by atoms with E-state index in [0.717, 1.165) is 6.04 Å². The van der Waals surface area contributed by atoms with Crippen molar-refractivity contribution < 1.29 is 0 Å². The zero-order valence-corrected chi connectivity index (χ0v) is 8.43. The van der Waals surface area contributed by atoms with E-state index in [1.165, 1.54) is 25.8 Å². The summed E-state index contributed by atoms with van der Waals surface area (Å²) in [6.07, 6.45) is 4.76. The summed E-state index contributed by atoms with van der Waals surface area (Å²) in [4.78, 5) is 2.66. The van der Waals surface area contributed by atoms with Crippen LogP contribution in [0.2, 0.25) is 0 Å². The highest BCUT2D eigenvalue weighted by molar-refractivity contribution is 4.96. The molecule has 2 atom stereocenters. The Morgan fingerprint density at radius 1 is 1.17 bits per heavy atom. The smallest absolute Gasteiger partial charge is 0.0604 e. The van der Waals surface area contributed by atoms with Crippen LogP contribution in [0.5, 0.6) is 0 Å². The van der Waals surface area contributed by atoms with Crippen molar-refractivity contribution in [2.24, 2.45) is 0 Å². The molecule has 2 heterocycles. The normalized spacial score (nSPS) is 37.2. The van der Waals surface area contributed by atoms with Gasteiger partial charge >= 0.3 is 0 Å². The second kappa shape index (κ2) is 2.71. The lowest BCUT2D eigenvalue weighted by Crippen LogP contribution is -2.58. The van der Waals surface area contributed by atoms with E-state index in [1.807, 2.05) is 0 Å². The number of rotatable bonds is 0. The Bertz CT molecular complexity index is 155. The molecular formula is C10H20N2. The Balaban J connectivity index is 2.15. The van der Waals surface area contributed by atoms with Gasteiger partial charge in [0.15, 0.2) is 0 Å². The van der Waals surface area contributed by atoms with Gasteiger partial charge in [0, 0.05) is 11.6 Å². The maximum Gasteiger partial charge on any atom is 0.0604 e. The van der Waals surface area contributed by atoms with Crippen LogP contribution in [0.15, 0.2) is 0 Å². The Labute approximate surface area is 75.3 Å². The summed E-state index contributed by atoms with van der Waals surface area (Å²) >= 11 is 0. The predicted molar refractivity (Wildman–Crippen MR) is 51.0 cm³/mol. The quantitative estimate of drug-likeness (QED) is 0.590. The largest absolute Gasteiger partial charge is 0.302 e. The van der Waals surface area contributed by atoms with E-state index in [9.17, 15) is 0 Å². The molecule has 2 aliphatic rings. The van der Waals surface area contributed by atoms with E-state index >= 15 is 0 Å². The van der Waals surface area contributed by atoms with Crippen LogP contribution in [0.3, 0.4) is 0 Å². The second-order valence-electron chi connectivity index (χ2n) is 5.07. The van der Waals surface area contributed by atoms with Crippen molar-refractivity contribution in [3.63, 3.8) is 0 Å². The number of nitrogens with one attached hydrogen (secondary N) is 1. The van der Waals surface area contributed by atoms with Crippen LogP contribution >= 0.6 is 0 Å². The van der Waals surface area contributed by atoms with Crippen LogP contribution in [0, 0.1) is 0 Å². The van der Waals surface area contributed by atoms with E-state index in [0.29, 0.717) is 11.7 Å². The van der Waals surface area contributed by atoms with Crippen molar-refractivity contribution in [1.82, 2.24) is 10.2 Å². The lowest BCUT2D eigenvalue weighted by atomic mass is 10.0. The van der Waals surface area contributed by atoms with Gasteiger partial charge in [-0.15, -0.1) is 0 Å². The molecule has 2 fully saturated rings. The summed E-state index contributed by atoms with van der Waals surface area (Å²) in [6.45, 7) is 8.20. The molecule has 2 nitrogen and oxygen atoms in total. The minimum Gasteiger partial charge on any atom is -0.302 e. The van der Waals surface area contributed by atoms with Crippen molar-refractivity contribution in [3.05, 3.63) is 0 Å². The standard InChI is InChI=1S/C10H20N2/c1-10(2,3)12-8-4-5-9(12)11-7-6-8/h8-9,11H,4-7H2,1-3H3. The Morgan fingerprint density at radius 3 is 2.42 bits per heavy atom. The Hall–Kier alpha value is -0.0800. The maximum atomic E-state index is 3.59. The molecule has 2 rings (SSSR count). The molecule has 0 spiro atoms. The molecule has 0 amide bonds. The summed E-state index contributed by atoms with van der Waals surface area (Å²) in [5.74, 6) is 0. The van der Waals surface area contributed by atoms with E-state index in [-0.39, 0.29) is 0 Å². The van der Waals surface area contributed by atoms with E-state index in [2.05, 4.69) is 31.0 Å². The van der Waals surface area contributed by atoms with Gasteiger partial charge in [0.05, 0.1) is 6.17 Å². The van der Waals surface area contributed by atoms with Crippen LogP contribution < -0.4 is 5.32 Å². The van der Waals surface area contributed by atoms with Crippen molar-refractivity contribution in [3.8, 4) is 0 Å². The molecule has 12 heavy (non-hydrogen) atoms. The average molecular weight is 168 g/mol. The molecule has 0 aromatic heterocycles. The molecule has 2 aliphatic heterocycles. The molecule has 0 aliphatic carbocycles. The lowest BCUT2D eigenvalue weighted by molar-refractivity contribution is 0.0345.